The van der Waals surface area contributed by atoms with E-state index >= 15 is 0 Å². The first kappa shape index (κ1) is 18.4. The number of aromatic nitrogens is 1. The summed E-state index contributed by atoms with van der Waals surface area (Å²) in [4.78, 5) is 46.3. The summed E-state index contributed by atoms with van der Waals surface area (Å²) in [6.45, 7) is 0. The van der Waals surface area contributed by atoms with E-state index in [0.29, 0.717) is 0 Å². The number of hydrogen-bond donors (Lipinski definition) is 3. The molecule has 1 aromatic heterocycles. The number of azide groups is 1. The third kappa shape index (κ3) is 4.35. The fourth-order valence-corrected chi connectivity index (χ4v) is 2.54. The smallest absolute Gasteiger partial charge is 0.276 e. The highest BCUT2D eigenvalue weighted by Crippen LogP contribution is 2.17. The second-order valence-electron chi connectivity index (χ2n) is 4.45. The average Bonchev–Trinajstić information content (AvgIpc) is 3.05. The Labute approximate surface area is 149 Å². The van der Waals surface area contributed by atoms with Crippen molar-refractivity contribution in [3.63, 3.8) is 0 Å². The third-order valence-corrected chi connectivity index (χ3v) is 3.86. The van der Waals surface area contributed by atoms with Gasteiger partial charge in [-0.25, -0.2) is 4.98 Å². The van der Waals surface area contributed by atoms with Gasteiger partial charge in [-0.2, -0.15) is 0 Å². The van der Waals surface area contributed by atoms with Crippen LogP contribution < -0.4 is 16.0 Å². The number of thiazole rings is 1. The lowest BCUT2D eigenvalue weighted by Crippen LogP contribution is -2.68. The molecule has 1 aromatic rings. The van der Waals surface area contributed by atoms with E-state index in [-0.39, 0.29) is 22.4 Å². The molecule has 132 valence electrons. The first-order valence-electron chi connectivity index (χ1n) is 6.58. The average molecular weight is 387 g/mol. The molecule has 3 N–H and O–H groups in total. The lowest BCUT2D eigenvalue weighted by molar-refractivity contribution is -0.134. The molecule has 0 aromatic carbocycles. The lowest BCUT2D eigenvalue weighted by atomic mass is 10.1. The number of carbonyl (C=O) groups is 3. The minimum absolute atomic E-state index is 0.120. The summed E-state index contributed by atoms with van der Waals surface area (Å²) in [5, 5.41) is 15.7. The van der Waals surface area contributed by atoms with Gasteiger partial charge in [0.25, 0.3) is 5.91 Å². The number of oxime groups is 1. The molecule has 2 heterocycles. The zero-order chi connectivity index (χ0) is 18.4. The predicted molar refractivity (Wildman–Crippen MR) is 88.0 cm³/mol. The second kappa shape index (κ2) is 8.28. The summed E-state index contributed by atoms with van der Waals surface area (Å²) in [6, 6.07) is -1.03. The summed E-state index contributed by atoms with van der Waals surface area (Å²) in [6.07, 6.45) is -0.890. The Morgan fingerprint density at radius 1 is 1.60 bits per heavy atom. The maximum absolute atomic E-state index is 12.3. The van der Waals surface area contributed by atoms with Crippen molar-refractivity contribution >= 4 is 51.5 Å². The van der Waals surface area contributed by atoms with Gasteiger partial charge in [0.1, 0.15) is 30.9 Å². The Kier molecular flexibility index (Phi) is 6.11. The summed E-state index contributed by atoms with van der Waals surface area (Å²) in [7, 11) is 1.23. The molecule has 1 fully saturated rings. The quantitative estimate of drug-likeness (QED) is 0.113. The summed E-state index contributed by atoms with van der Waals surface area (Å²) in [5.41, 5.74) is 8.31. The van der Waals surface area contributed by atoms with Crippen LogP contribution >= 0.6 is 22.9 Å². The molecule has 2 atom stereocenters. The number of carbonyl (C=O) groups excluding carboxylic acids is 3. The number of rotatable bonds is 7. The van der Waals surface area contributed by atoms with E-state index in [4.69, 9.17) is 17.1 Å². The molecule has 0 spiro atoms. The minimum Gasteiger partial charge on any atom is -0.398 e. The Bertz CT molecular complexity index is 774. The summed E-state index contributed by atoms with van der Waals surface area (Å²) in [5.74, 6) is -1.97. The van der Waals surface area contributed by atoms with Gasteiger partial charge in [-0.1, -0.05) is 10.3 Å². The molecule has 0 bridgehead atoms. The van der Waals surface area contributed by atoms with E-state index in [2.05, 4.69) is 41.0 Å². The molecule has 1 aliphatic rings. The maximum Gasteiger partial charge on any atom is 0.276 e. The highest BCUT2D eigenvalue weighted by Gasteiger charge is 2.40. The normalized spacial score (nSPS) is 19.1. The Morgan fingerprint density at radius 2 is 2.36 bits per heavy atom. The fourth-order valence-electron chi connectivity index (χ4n) is 1.76. The molecule has 1 unspecified atom stereocenters. The van der Waals surface area contributed by atoms with Crippen molar-refractivity contribution in [2.24, 2.45) is 10.3 Å². The number of nitrogens with zero attached hydrogens (tertiary/aromatic N) is 5. The van der Waals surface area contributed by atoms with Crippen LogP contribution in [-0.2, 0) is 19.2 Å². The van der Waals surface area contributed by atoms with Gasteiger partial charge in [0.05, 0.1) is 0 Å². The number of anilines is 1. The van der Waals surface area contributed by atoms with Gasteiger partial charge in [0, 0.05) is 10.3 Å². The van der Waals surface area contributed by atoms with Crippen molar-refractivity contribution in [2.45, 2.75) is 12.2 Å². The van der Waals surface area contributed by atoms with Crippen molar-refractivity contribution in [3.8, 4) is 0 Å². The molecule has 12 nitrogen and oxygen atoms in total. The van der Waals surface area contributed by atoms with Gasteiger partial charge < -0.3 is 20.8 Å². The van der Waals surface area contributed by atoms with Crippen molar-refractivity contribution in [1.82, 2.24) is 15.6 Å². The van der Waals surface area contributed by atoms with Crippen molar-refractivity contribution in [2.75, 3.05) is 18.3 Å². The van der Waals surface area contributed by atoms with E-state index < -0.39 is 29.9 Å². The zero-order valence-corrected chi connectivity index (χ0v) is 14.2. The largest absolute Gasteiger partial charge is 0.398 e. The first-order valence-corrected chi connectivity index (χ1v) is 8.00. The Balaban J connectivity index is 2.14. The summed E-state index contributed by atoms with van der Waals surface area (Å²) >= 11 is 6.44. The second-order valence-corrected chi connectivity index (χ2v) is 5.58. The van der Waals surface area contributed by atoms with Gasteiger partial charge in [-0.15, -0.1) is 22.9 Å². The molecular weight excluding hydrogens is 376 g/mol. The van der Waals surface area contributed by atoms with Crippen LogP contribution in [0.5, 0.6) is 0 Å². The van der Waals surface area contributed by atoms with E-state index in [0.717, 1.165) is 11.3 Å². The standard InChI is InChI=1S/C11H11ClN8O4S/c1-24-19-6(4-3-25-11(14-4)15-5(21)2-12)9(22)16-7-8(18-20-13)17-10(7)23/h3,7-8H,2H2,1H3,(H,16,22)(H,17,23)(H,14,15,21)/t7-,8?/m0/s1. The maximum atomic E-state index is 12.3. The molecule has 0 aliphatic carbocycles. The van der Waals surface area contributed by atoms with Gasteiger partial charge in [0.15, 0.2) is 10.8 Å². The molecule has 3 amide bonds. The minimum atomic E-state index is -1.03. The highest BCUT2D eigenvalue weighted by atomic mass is 35.5. The van der Waals surface area contributed by atoms with Crippen molar-refractivity contribution in [1.29, 1.82) is 0 Å². The number of amides is 3. The van der Waals surface area contributed by atoms with Crippen LogP contribution in [0.3, 0.4) is 0 Å². The number of alkyl halides is 1. The van der Waals surface area contributed by atoms with E-state index in [9.17, 15) is 14.4 Å². The SMILES string of the molecule is CON=C(C(=O)N[C@@H]1C(=O)NC1N=[N+]=[N-])c1csc(NC(=O)CCl)n1. The van der Waals surface area contributed by atoms with Crippen LogP contribution in [0.25, 0.3) is 10.4 Å². The van der Waals surface area contributed by atoms with Gasteiger partial charge >= 0.3 is 0 Å². The Hall–Kier alpha value is -2.89. The van der Waals surface area contributed by atoms with Gasteiger partial charge in [-0.3, -0.25) is 14.4 Å². The van der Waals surface area contributed by atoms with Gasteiger partial charge in [-0.05, 0) is 5.53 Å². The van der Waals surface area contributed by atoms with Crippen LogP contribution in [0.1, 0.15) is 5.69 Å². The topological polar surface area (TPSA) is 171 Å². The van der Waals surface area contributed by atoms with Crippen molar-refractivity contribution in [3.05, 3.63) is 21.5 Å². The molecule has 25 heavy (non-hydrogen) atoms. The summed E-state index contributed by atoms with van der Waals surface area (Å²) < 4.78 is 0. The third-order valence-electron chi connectivity index (χ3n) is 2.86. The molecular formula is C11H11ClN8O4S. The van der Waals surface area contributed by atoms with Crippen LogP contribution in [0.15, 0.2) is 15.7 Å². The molecule has 1 aliphatic heterocycles. The van der Waals surface area contributed by atoms with Crippen LogP contribution in [0, 0.1) is 0 Å². The zero-order valence-electron chi connectivity index (χ0n) is 12.6. The number of halogens is 1. The number of hydrogen-bond acceptors (Lipinski definition) is 8. The van der Waals surface area contributed by atoms with Crippen LogP contribution in [0.4, 0.5) is 5.13 Å². The van der Waals surface area contributed by atoms with E-state index in [1.165, 1.54) is 12.5 Å². The molecule has 1 saturated heterocycles. The molecule has 14 heteroatoms. The van der Waals surface area contributed by atoms with Crippen LogP contribution in [0.2, 0.25) is 0 Å². The Morgan fingerprint density at radius 3 is 2.96 bits per heavy atom. The predicted octanol–water partition coefficient (Wildman–Crippen LogP) is -0.0781. The van der Waals surface area contributed by atoms with E-state index in [1.54, 1.807) is 0 Å². The fraction of sp³-hybridized carbons (Fsp3) is 0.364. The first-order chi connectivity index (χ1) is 12.0. The highest BCUT2D eigenvalue weighted by molar-refractivity contribution is 7.14. The van der Waals surface area contributed by atoms with E-state index in [1.807, 2.05) is 0 Å². The monoisotopic (exact) mass is 386 g/mol. The number of nitrogens with one attached hydrogen (secondary N) is 3. The lowest BCUT2D eigenvalue weighted by Gasteiger charge is -2.33. The van der Waals surface area contributed by atoms with Crippen LogP contribution in [-0.4, -0.2) is 53.6 Å². The molecule has 2 rings (SSSR count). The molecule has 0 radical (unpaired) electrons. The van der Waals surface area contributed by atoms with Crippen molar-refractivity contribution < 1.29 is 19.2 Å². The molecule has 0 saturated carbocycles. The number of β-lactam (4-membered cyclic amide) rings is 1. The van der Waals surface area contributed by atoms with Gasteiger partial charge in [0.2, 0.25) is 11.8 Å².